The van der Waals surface area contributed by atoms with Crippen molar-refractivity contribution in [3.63, 3.8) is 0 Å². The van der Waals surface area contributed by atoms with Crippen LogP contribution in [0.5, 0.6) is 11.5 Å². The van der Waals surface area contributed by atoms with Crippen molar-refractivity contribution in [1.82, 2.24) is 0 Å². The average Bonchev–Trinajstić information content (AvgIpc) is 2.84. The Bertz CT molecular complexity index is 890. The Morgan fingerprint density at radius 2 is 1.21 bits per heavy atom. The smallest absolute Gasteiger partial charge is 0.458 e. The van der Waals surface area contributed by atoms with Crippen LogP contribution in [-0.2, 0) is 19.9 Å². The molecule has 1 aliphatic heterocycles. The first kappa shape index (κ1) is 22.9. The monoisotopic (exact) mass is 424 g/mol. The lowest BCUT2D eigenvalue weighted by Crippen LogP contribution is -2.41. The molecule has 1 saturated heterocycles. The molecule has 2 aromatic carbocycles. The van der Waals surface area contributed by atoms with Gasteiger partial charge < -0.3 is 18.8 Å². The van der Waals surface area contributed by atoms with E-state index in [-0.39, 0.29) is 23.8 Å². The van der Waals surface area contributed by atoms with Crippen LogP contribution in [-0.4, -0.2) is 37.7 Å². The van der Waals surface area contributed by atoms with Crippen LogP contribution < -0.4 is 14.9 Å². The van der Waals surface area contributed by atoms with E-state index in [1.54, 1.807) is 12.1 Å². The van der Waals surface area contributed by atoms with Crippen LogP contribution in [0.2, 0.25) is 0 Å². The van der Waals surface area contributed by atoms with Gasteiger partial charge in [-0.3, -0.25) is 0 Å². The summed E-state index contributed by atoms with van der Waals surface area (Å²) in [5.74, 6) is 0.921. The SMILES string of the molecule is CC1(C)OB(c2ccc(OCOc3ccc(F)cc3)cc2)OC1(C)C.O=S(=O)=O. The van der Waals surface area contributed by atoms with E-state index in [4.69, 9.17) is 31.4 Å². The normalized spacial score (nSPS) is 16.5. The van der Waals surface area contributed by atoms with Gasteiger partial charge in [0, 0.05) is 0 Å². The Balaban J connectivity index is 0.000000687. The van der Waals surface area contributed by atoms with Crippen LogP contribution in [0.25, 0.3) is 0 Å². The summed E-state index contributed by atoms with van der Waals surface area (Å²) in [5, 5.41) is 0. The second-order valence-corrected chi connectivity index (χ2v) is 7.63. The highest BCUT2D eigenvalue weighted by atomic mass is 32.2. The van der Waals surface area contributed by atoms with E-state index in [1.807, 2.05) is 52.0 Å². The van der Waals surface area contributed by atoms with Gasteiger partial charge in [-0.1, -0.05) is 12.1 Å². The molecule has 0 aliphatic carbocycles. The Labute approximate surface area is 170 Å². The zero-order valence-electron chi connectivity index (χ0n) is 16.5. The molecule has 0 unspecified atom stereocenters. The fourth-order valence-corrected chi connectivity index (χ4v) is 2.40. The van der Waals surface area contributed by atoms with Gasteiger partial charge in [0.2, 0.25) is 6.79 Å². The zero-order chi connectivity index (χ0) is 21.7. The molecular formula is C19H22BFO7S. The molecule has 0 N–H and O–H groups in total. The van der Waals surface area contributed by atoms with Crippen molar-refractivity contribution in [1.29, 1.82) is 0 Å². The van der Waals surface area contributed by atoms with Crippen LogP contribution in [0.4, 0.5) is 4.39 Å². The summed E-state index contributed by atoms with van der Waals surface area (Å²) in [6.45, 7) is 8.14. The average molecular weight is 424 g/mol. The highest BCUT2D eigenvalue weighted by molar-refractivity contribution is 7.59. The minimum absolute atomic E-state index is 0.0431. The number of hydrogen-bond donors (Lipinski definition) is 0. The van der Waals surface area contributed by atoms with E-state index in [9.17, 15) is 4.39 Å². The first-order valence-corrected chi connectivity index (χ1v) is 9.74. The van der Waals surface area contributed by atoms with Crippen LogP contribution in [0.1, 0.15) is 27.7 Å². The summed E-state index contributed by atoms with van der Waals surface area (Å²) in [5.41, 5.74) is 0.205. The van der Waals surface area contributed by atoms with E-state index in [0.29, 0.717) is 11.5 Å². The van der Waals surface area contributed by atoms with E-state index >= 15 is 0 Å². The van der Waals surface area contributed by atoms with Crippen molar-refractivity contribution in [2.24, 2.45) is 0 Å². The summed E-state index contributed by atoms with van der Waals surface area (Å²) in [4.78, 5) is 0. The third kappa shape index (κ3) is 6.55. The molecule has 29 heavy (non-hydrogen) atoms. The lowest BCUT2D eigenvalue weighted by atomic mass is 9.79. The molecular weight excluding hydrogens is 402 g/mol. The number of hydrogen-bond acceptors (Lipinski definition) is 7. The van der Waals surface area contributed by atoms with E-state index < -0.39 is 17.7 Å². The van der Waals surface area contributed by atoms with Crippen molar-refractivity contribution in [3.05, 3.63) is 54.3 Å². The van der Waals surface area contributed by atoms with Gasteiger partial charge in [-0.15, -0.1) is 12.6 Å². The number of ether oxygens (including phenoxy) is 2. The molecule has 3 rings (SSSR count). The van der Waals surface area contributed by atoms with Crippen LogP contribution in [0.3, 0.4) is 0 Å². The number of benzene rings is 2. The summed E-state index contributed by atoms with van der Waals surface area (Å²) in [6, 6.07) is 13.3. The van der Waals surface area contributed by atoms with Crippen molar-refractivity contribution >= 4 is 23.2 Å². The van der Waals surface area contributed by atoms with E-state index in [0.717, 1.165) is 5.46 Å². The van der Waals surface area contributed by atoms with E-state index in [2.05, 4.69) is 0 Å². The van der Waals surface area contributed by atoms with Gasteiger partial charge in [-0.05, 0) is 69.6 Å². The molecule has 0 aromatic heterocycles. The molecule has 0 atom stereocenters. The van der Waals surface area contributed by atoms with Gasteiger partial charge in [-0.2, -0.15) is 0 Å². The second-order valence-electron chi connectivity index (χ2n) is 7.22. The zero-order valence-corrected chi connectivity index (χ0v) is 17.4. The minimum atomic E-state index is -3.11. The topological polar surface area (TPSA) is 88.1 Å². The Morgan fingerprint density at radius 1 is 0.828 bits per heavy atom. The maximum atomic E-state index is 12.8. The predicted molar refractivity (Wildman–Crippen MR) is 104 cm³/mol. The quantitative estimate of drug-likeness (QED) is 0.539. The minimum Gasteiger partial charge on any atom is -0.458 e. The van der Waals surface area contributed by atoms with Crippen molar-refractivity contribution in [3.8, 4) is 11.5 Å². The predicted octanol–water partition coefficient (Wildman–Crippen LogP) is 2.54. The molecule has 1 aliphatic rings. The number of halogens is 1. The van der Waals surface area contributed by atoms with Gasteiger partial charge in [0.15, 0.2) is 0 Å². The van der Waals surface area contributed by atoms with Gasteiger partial charge in [0.05, 0.1) is 11.2 Å². The molecule has 156 valence electrons. The number of rotatable bonds is 5. The van der Waals surface area contributed by atoms with Crippen molar-refractivity contribution in [2.75, 3.05) is 6.79 Å². The fraction of sp³-hybridized carbons (Fsp3) is 0.368. The summed E-state index contributed by atoms with van der Waals surface area (Å²) in [6.07, 6.45) is 0. The molecule has 10 heteroatoms. The van der Waals surface area contributed by atoms with Gasteiger partial charge in [0.1, 0.15) is 17.3 Å². The molecule has 0 amide bonds. The summed E-state index contributed by atoms with van der Waals surface area (Å²) in [7, 11) is -3.51. The standard InChI is InChI=1S/C19H22BFO4.O3S/c1-18(2)19(3,4)25-20(24-18)14-5-9-16(10-6-14)22-13-23-17-11-7-15(21)8-12-17;1-4(2)3/h5-12H,13H2,1-4H3;. The Kier molecular flexibility index (Phi) is 7.40. The molecule has 0 bridgehead atoms. The fourth-order valence-electron chi connectivity index (χ4n) is 2.40. The lowest BCUT2D eigenvalue weighted by molar-refractivity contribution is 0.00578. The summed E-state index contributed by atoms with van der Waals surface area (Å²) >= 11 is 0. The summed E-state index contributed by atoms with van der Waals surface area (Å²) < 4.78 is 61.2. The second kappa shape index (κ2) is 9.38. The highest BCUT2D eigenvalue weighted by Crippen LogP contribution is 2.36. The van der Waals surface area contributed by atoms with E-state index in [1.165, 1.54) is 12.1 Å². The molecule has 0 saturated carbocycles. The first-order valence-electron chi connectivity index (χ1n) is 8.74. The van der Waals surface area contributed by atoms with Crippen molar-refractivity contribution in [2.45, 2.75) is 38.9 Å². The van der Waals surface area contributed by atoms with Gasteiger partial charge in [0.25, 0.3) is 0 Å². The maximum Gasteiger partial charge on any atom is 0.494 e. The maximum absolute atomic E-state index is 12.8. The Morgan fingerprint density at radius 3 is 1.62 bits per heavy atom. The van der Waals surface area contributed by atoms with Gasteiger partial charge >= 0.3 is 17.7 Å². The van der Waals surface area contributed by atoms with Crippen LogP contribution in [0, 0.1) is 5.82 Å². The molecule has 1 heterocycles. The van der Waals surface area contributed by atoms with Crippen molar-refractivity contribution < 1.29 is 35.8 Å². The largest absolute Gasteiger partial charge is 0.494 e. The molecule has 2 aromatic rings. The molecule has 1 fully saturated rings. The lowest BCUT2D eigenvalue weighted by Gasteiger charge is -2.32. The Hall–Kier alpha value is -2.43. The first-order chi connectivity index (χ1) is 13.5. The van der Waals surface area contributed by atoms with Crippen LogP contribution in [0.15, 0.2) is 48.5 Å². The molecule has 7 nitrogen and oxygen atoms in total. The molecule has 0 radical (unpaired) electrons. The molecule has 0 spiro atoms. The highest BCUT2D eigenvalue weighted by Gasteiger charge is 2.51. The third-order valence-electron chi connectivity index (χ3n) is 4.67. The van der Waals surface area contributed by atoms with Gasteiger partial charge in [-0.25, -0.2) is 4.39 Å². The third-order valence-corrected chi connectivity index (χ3v) is 4.67. The van der Waals surface area contributed by atoms with Crippen LogP contribution >= 0.6 is 0 Å².